The van der Waals surface area contributed by atoms with Crippen molar-refractivity contribution in [3.05, 3.63) is 21.0 Å². The first-order chi connectivity index (χ1) is 9.06. The highest BCUT2D eigenvalue weighted by Crippen LogP contribution is 2.30. The number of hydrogen-bond acceptors (Lipinski definition) is 4. The predicted molar refractivity (Wildman–Crippen MR) is 76.9 cm³/mol. The van der Waals surface area contributed by atoms with E-state index in [9.17, 15) is 9.90 Å². The molecule has 2 N–H and O–H groups in total. The van der Waals surface area contributed by atoms with Crippen molar-refractivity contribution in [2.24, 2.45) is 0 Å². The number of aromatic nitrogens is 2. The van der Waals surface area contributed by atoms with Crippen LogP contribution in [-0.4, -0.2) is 27.0 Å². The van der Waals surface area contributed by atoms with Crippen LogP contribution in [0, 0.1) is 12.3 Å². The molecule has 1 aliphatic rings. The lowest BCUT2D eigenvalue weighted by molar-refractivity contribution is 0.0614. The lowest BCUT2D eigenvalue weighted by atomic mass is 10.0. The third kappa shape index (κ3) is 3.17. The molecule has 2 rings (SSSR count). The Labute approximate surface area is 120 Å². The summed E-state index contributed by atoms with van der Waals surface area (Å²) in [6, 6.07) is 0. The van der Waals surface area contributed by atoms with E-state index in [2.05, 4.69) is 32.3 Å². The van der Waals surface area contributed by atoms with Gasteiger partial charge in [-0.05, 0) is 28.8 Å². The van der Waals surface area contributed by atoms with E-state index in [0.29, 0.717) is 16.7 Å². The third-order valence-electron chi connectivity index (χ3n) is 3.37. The van der Waals surface area contributed by atoms with E-state index in [1.165, 1.54) is 4.68 Å². The van der Waals surface area contributed by atoms with Crippen LogP contribution >= 0.6 is 15.9 Å². The second-order valence-electron chi connectivity index (χ2n) is 4.82. The summed E-state index contributed by atoms with van der Waals surface area (Å²) in [5.74, 6) is 2.37. The first kappa shape index (κ1) is 14.1. The molecular weight excluding hydrogens is 310 g/mol. The maximum Gasteiger partial charge on any atom is 0.284 e. The van der Waals surface area contributed by atoms with Crippen molar-refractivity contribution in [3.8, 4) is 12.3 Å². The summed E-state index contributed by atoms with van der Waals surface area (Å²) in [5.41, 5.74) is -0.368. The SMILES string of the molecule is C#CCn1ncc(NCC2(O)CCCC2)c(Br)c1=O. The van der Waals surface area contributed by atoms with Crippen molar-refractivity contribution in [2.45, 2.75) is 37.8 Å². The molecule has 1 fully saturated rings. The lowest BCUT2D eigenvalue weighted by Crippen LogP contribution is -2.34. The van der Waals surface area contributed by atoms with Crippen molar-refractivity contribution in [1.29, 1.82) is 0 Å². The average Bonchev–Trinajstić information content (AvgIpc) is 2.82. The Hall–Kier alpha value is -1.32. The van der Waals surface area contributed by atoms with Crippen molar-refractivity contribution in [3.63, 3.8) is 0 Å². The van der Waals surface area contributed by atoms with Crippen LogP contribution in [0.3, 0.4) is 0 Å². The number of halogens is 1. The molecule has 0 saturated heterocycles. The smallest absolute Gasteiger partial charge is 0.284 e. The van der Waals surface area contributed by atoms with E-state index < -0.39 is 5.60 Å². The van der Waals surface area contributed by atoms with E-state index in [1.54, 1.807) is 6.20 Å². The molecule has 0 unspecified atom stereocenters. The largest absolute Gasteiger partial charge is 0.388 e. The summed E-state index contributed by atoms with van der Waals surface area (Å²) in [5, 5.41) is 17.3. The maximum absolute atomic E-state index is 11.9. The molecule has 6 heteroatoms. The Morgan fingerprint density at radius 2 is 2.26 bits per heavy atom. The number of nitrogens with one attached hydrogen (secondary N) is 1. The van der Waals surface area contributed by atoms with Crippen LogP contribution in [0.5, 0.6) is 0 Å². The third-order valence-corrected chi connectivity index (χ3v) is 4.13. The molecule has 0 radical (unpaired) electrons. The van der Waals surface area contributed by atoms with Crippen LogP contribution in [0.2, 0.25) is 0 Å². The molecule has 1 saturated carbocycles. The molecule has 0 atom stereocenters. The summed E-state index contributed by atoms with van der Waals surface area (Å²) < 4.78 is 1.60. The molecule has 19 heavy (non-hydrogen) atoms. The highest BCUT2D eigenvalue weighted by molar-refractivity contribution is 9.10. The van der Waals surface area contributed by atoms with Gasteiger partial charge < -0.3 is 10.4 Å². The minimum atomic E-state index is -0.673. The number of rotatable bonds is 4. The van der Waals surface area contributed by atoms with Crippen LogP contribution in [0.15, 0.2) is 15.5 Å². The lowest BCUT2D eigenvalue weighted by Gasteiger charge is -2.23. The van der Waals surface area contributed by atoms with Gasteiger partial charge in [0, 0.05) is 6.54 Å². The standard InChI is InChI=1S/C13H16BrN3O2/c1-2-7-17-12(18)11(14)10(8-16-17)15-9-13(19)5-3-4-6-13/h1,8,15,19H,3-7,9H2. The zero-order valence-electron chi connectivity index (χ0n) is 10.5. The molecule has 0 bridgehead atoms. The van der Waals surface area contributed by atoms with Gasteiger partial charge in [0.1, 0.15) is 11.0 Å². The highest BCUT2D eigenvalue weighted by atomic mass is 79.9. The fraction of sp³-hybridized carbons (Fsp3) is 0.538. The molecule has 0 aromatic carbocycles. The number of aliphatic hydroxyl groups is 1. The number of anilines is 1. The monoisotopic (exact) mass is 325 g/mol. The van der Waals surface area contributed by atoms with Gasteiger partial charge >= 0.3 is 0 Å². The Kier molecular flexibility index (Phi) is 4.27. The van der Waals surface area contributed by atoms with Crippen LogP contribution in [-0.2, 0) is 6.54 Å². The molecule has 1 aromatic rings. The van der Waals surface area contributed by atoms with Crippen molar-refractivity contribution >= 4 is 21.6 Å². The Balaban J connectivity index is 2.11. The van der Waals surface area contributed by atoms with E-state index in [4.69, 9.17) is 6.42 Å². The first-order valence-electron chi connectivity index (χ1n) is 6.21. The van der Waals surface area contributed by atoms with Gasteiger partial charge in [-0.25, -0.2) is 4.68 Å². The highest BCUT2D eigenvalue weighted by Gasteiger charge is 2.30. The van der Waals surface area contributed by atoms with Gasteiger partial charge in [-0.3, -0.25) is 4.79 Å². The van der Waals surface area contributed by atoms with E-state index in [1.807, 2.05) is 0 Å². The summed E-state index contributed by atoms with van der Waals surface area (Å²) in [4.78, 5) is 11.9. The second-order valence-corrected chi connectivity index (χ2v) is 5.62. The normalized spacial score (nSPS) is 17.1. The number of nitrogens with zero attached hydrogens (tertiary/aromatic N) is 2. The average molecular weight is 326 g/mol. The zero-order chi connectivity index (χ0) is 13.9. The summed E-state index contributed by atoms with van der Waals surface area (Å²) in [7, 11) is 0. The van der Waals surface area contributed by atoms with Gasteiger partial charge in [-0.15, -0.1) is 6.42 Å². The Bertz CT molecular complexity index is 556. The quantitative estimate of drug-likeness (QED) is 0.820. The van der Waals surface area contributed by atoms with E-state index in [-0.39, 0.29) is 12.1 Å². The zero-order valence-corrected chi connectivity index (χ0v) is 12.1. The molecule has 1 aromatic heterocycles. The number of terminal acetylenes is 1. The van der Waals surface area contributed by atoms with Crippen molar-refractivity contribution in [2.75, 3.05) is 11.9 Å². The van der Waals surface area contributed by atoms with Gasteiger partial charge in [0.05, 0.1) is 17.5 Å². The minimum absolute atomic E-state index is 0.141. The van der Waals surface area contributed by atoms with Gasteiger partial charge in [-0.1, -0.05) is 18.8 Å². The molecular formula is C13H16BrN3O2. The molecule has 0 aliphatic heterocycles. The van der Waals surface area contributed by atoms with Gasteiger partial charge in [-0.2, -0.15) is 5.10 Å². The van der Waals surface area contributed by atoms with Gasteiger partial charge in [0.25, 0.3) is 5.56 Å². The molecule has 0 amide bonds. The molecule has 102 valence electrons. The van der Waals surface area contributed by atoms with Crippen LogP contribution in [0.4, 0.5) is 5.69 Å². The van der Waals surface area contributed by atoms with E-state index in [0.717, 1.165) is 25.7 Å². The fourth-order valence-electron chi connectivity index (χ4n) is 2.26. The van der Waals surface area contributed by atoms with Crippen molar-refractivity contribution < 1.29 is 5.11 Å². The van der Waals surface area contributed by atoms with Crippen LogP contribution < -0.4 is 10.9 Å². The molecule has 1 aliphatic carbocycles. The second kappa shape index (κ2) is 5.76. The fourth-order valence-corrected chi connectivity index (χ4v) is 2.70. The molecule has 1 heterocycles. The van der Waals surface area contributed by atoms with Gasteiger partial charge in [0.2, 0.25) is 0 Å². The molecule has 0 spiro atoms. The summed E-state index contributed by atoms with van der Waals surface area (Å²) in [6.45, 7) is 0.563. The van der Waals surface area contributed by atoms with Crippen molar-refractivity contribution in [1.82, 2.24) is 9.78 Å². The minimum Gasteiger partial charge on any atom is -0.388 e. The first-order valence-corrected chi connectivity index (χ1v) is 7.00. The summed E-state index contributed by atoms with van der Waals surface area (Å²) >= 11 is 3.24. The topological polar surface area (TPSA) is 67.2 Å². The predicted octanol–water partition coefficient (Wildman–Crippen LogP) is 1.36. The summed E-state index contributed by atoms with van der Waals surface area (Å²) in [6.07, 6.45) is 10.4. The molecule has 5 nitrogen and oxygen atoms in total. The number of hydrogen-bond donors (Lipinski definition) is 2. The van der Waals surface area contributed by atoms with Crippen LogP contribution in [0.25, 0.3) is 0 Å². The Morgan fingerprint density at radius 3 is 2.89 bits per heavy atom. The van der Waals surface area contributed by atoms with Crippen LogP contribution in [0.1, 0.15) is 25.7 Å². The van der Waals surface area contributed by atoms with Gasteiger partial charge in [0.15, 0.2) is 0 Å². The Morgan fingerprint density at radius 1 is 1.58 bits per heavy atom. The maximum atomic E-state index is 11.9. The van der Waals surface area contributed by atoms with E-state index >= 15 is 0 Å².